The molecule has 1 nitrogen and oxygen atoms in total. The fourth-order valence-corrected chi connectivity index (χ4v) is 2.58. The summed E-state index contributed by atoms with van der Waals surface area (Å²) in [5.74, 6) is -0.179. The molecule has 3 heteroatoms. The van der Waals surface area contributed by atoms with Crippen molar-refractivity contribution < 1.29 is 4.39 Å². The van der Waals surface area contributed by atoms with Gasteiger partial charge in [-0.25, -0.2) is 4.39 Å². The van der Waals surface area contributed by atoms with Crippen molar-refractivity contribution in [2.24, 2.45) is 0 Å². The lowest BCUT2D eigenvalue weighted by Gasteiger charge is -2.18. The van der Waals surface area contributed by atoms with Crippen LogP contribution in [0, 0.1) is 5.82 Å². The van der Waals surface area contributed by atoms with Crippen LogP contribution in [0.15, 0.2) is 53.0 Å². The SMILES string of the molecule is CCNC(Cc1ccc(F)cc1)Cc1ccc(Br)cc1. The number of hydrogen-bond donors (Lipinski definition) is 1. The van der Waals surface area contributed by atoms with E-state index in [9.17, 15) is 4.39 Å². The van der Waals surface area contributed by atoms with Gasteiger partial charge in [0.1, 0.15) is 5.82 Å². The molecule has 0 heterocycles. The minimum Gasteiger partial charge on any atom is -0.314 e. The molecule has 20 heavy (non-hydrogen) atoms. The Balaban J connectivity index is 2.02. The predicted octanol–water partition coefficient (Wildman–Crippen LogP) is 4.35. The quantitative estimate of drug-likeness (QED) is 0.827. The Labute approximate surface area is 128 Å². The molecular weight excluding hydrogens is 317 g/mol. The number of halogens is 2. The summed E-state index contributed by atoms with van der Waals surface area (Å²) < 4.78 is 14.0. The second-order valence-corrected chi connectivity index (χ2v) is 5.83. The topological polar surface area (TPSA) is 12.0 Å². The summed E-state index contributed by atoms with van der Waals surface area (Å²) in [6, 6.07) is 15.6. The Kier molecular flexibility index (Phi) is 5.74. The molecule has 0 fully saturated rings. The Morgan fingerprint density at radius 1 is 0.950 bits per heavy atom. The first-order valence-corrected chi connectivity index (χ1v) is 7.69. The van der Waals surface area contributed by atoms with E-state index in [4.69, 9.17) is 0 Å². The van der Waals surface area contributed by atoms with Crippen molar-refractivity contribution in [3.63, 3.8) is 0 Å². The molecule has 106 valence electrons. The third-order valence-electron chi connectivity index (χ3n) is 3.28. The van der Waals surface area contributed by atoms with Crippen molar-refractivity contribution in [1.82, 2.24) is 5.32 Å². The lowest BCUT2D eigenvalue weighted by Crippen LogP contribution is -2.33. The molecule has 1 atom stereocenters. The fraction of sp³-hybridized carbons (Fsp3) is 0.294. The van der Waals surface area contributed by atoms with E-state index >= 15 is 0 Å². The van der Waals surface area contributed by atoms with Crippen molar-refractivity contribution >= 4 is 15.9 Å². The number of nitrogens with one attached hydrogen (secondary N) is 1. The molecule has 0 saturated carbocycles. The van der Waals surface area contributed by atoms with Gasteiger partial charge < -0.3 is 5.32 Å². The number of hydrogen-bond acceptors (Lipinski definition) is 1. The monoisotopic (exact) mass is 335 g/mol. The normalized spacial score (nSPS) is 12.3. The molecule has 2 aromatic rings. The molecule has 0 radical (unpaired) electrons. The van der Waals surface area contributed by atoms with Crippen LogP contribution in [0.25, 0.3) is 0 Å². The molecule has 1 N–H and O–H groups in total. The van der Waals surface area contributed by atoms with E-state index in [1.165, 1.54) is 17.7 Å². The molecule has 2 rings (SSSR count). The van der Waals surface area contributed by atoms with E-state index in [2.05, 4.69) is 52.4 Å². The molecular formula is C17H19BrFN. The van der Waals surface area contributed by atoms with Crippen LogP contribution in [-0.4, -0.2) is 12.6 Å². The van der Waals surface area contributed by atoms with Gasteiger partial charge in [0.15, 0.2) is 0 Å². The number of benzene rings is 2. The largest absolute Gasteiger partial charge is 0.314 e. The molecule has 0 bridgehead atoms. The van der Waals surface area contributed by atoms with Gasteiger partial charge in [0.25, 0.3) is 0 Å². The lowest BCUT2D eigenvalue weighted by molar-refractivity contribution is 0.521. The highest BCUT2D eigenvalue weighted by Gasteiger charge is 2.09. The lowest BCUT2D eigenvalue weighted by atomic mass is 9.99. The molecule has 0 saturated heterocycles. The van der Waals surface area contributed by atoms with Crippen LogP contribution in [0.3, 0.4) is 0 Å². The highest BCUT2D eigenvalue weighted by Crippen LogP contribution is 2.14. The molecule has 2 aromatic carbocycles. The van der Waals surface area contributed by atoms with E-state index in [1.807, 2.05) is 12.1 Å². The maximum Gasteiger partial charge on any atom is 0.123 e. The Hall–Kier alpha value is -1.19. The summed E-state index contributed by atoms with van der Waals surface area (Å²) >= 11 is 3.45. The van der Waals surface area contributed by atoms with Crippen LogP contribution in [0.4, 0.5) is 4.39 Å². The zero-order valence-corrected chi connectivity index (χ0v) is 13.2. The van der Waals surface area contributed by atoms with E-state index in [0.717, 1.165) is 29.4 Å². The van der Waals surface area contributed by atoms with Crippen molar-refractivity contribution in [3.05, 3.63) is 69.9 Å². The standard InChI is InChI=1S/C17H19BrFN/c1-2-20-17(11-13-3-7-15(18)8-4-13)12-14-5-9-16(19)10-6-14/h3-10,17,20H,2,11-12H2,1H3. The highest BCUT2D eigenvalue weighted by atomic mass is 79.9. The summed E-state index contributed by atoms with van der Waals surface area (Å²) in [4.78, 5) is 0. The van der Waals surface area contributed by atoms with Crippen LogP contribution in [0.5, 0.6) is 0 Å². The van der Waals surface area contributed by atoms with Gasteiger partial charge in [0, 0.05) is 10.5 Å². The summed E-state index contributed by atoms with van der Waals surface area (Å²) in [7, 11) is 0. The van der Waals surface area contributed by atoms with Gasteiger partial charge in [0.05, 0.1) is 0 Å². The molecule has 0 aliphatic carbocycles. The van der Waals surface area contributed by atoms with Crippen LogP contribution in [0.1, 0.15) is 18.1 Å². The van der Waals surface area contributed by atoms with Crippen LogP contribution < -0.4 is 5.32 Å². The van der Waals surface area contributed by atoms with E-state index in [-0.39, 0.29) is 5.82 Å². The molecule has 0 amide bonds. The van der Waals surface area contributed by atoms with Gasteiger partial charge >= 0.3 is 0 Å². The zero-order valence-electron chi connectivity index (χ0n) is 11.6. The molecule has 0 aliphatic heterocycles. The van der Waals surface area contributed by atoms with Crippen molar-refractivity contribution in [2.75, 3.05) is 6.54 Å². The molecule has 0 spiro atoms. The van der Waals surface area contributed by atoms with Gasteiger partial charge in [-0.1, -0.05) is 47.1 Å². The predicted molar refractivity (Wildman–Crippen MR) is 85.4 cm³/mol. The highest BCUT2D eigenvalue weighted by molar-refractivity contribution is 9.10. The average Bonchev–Trinajstić information content (AvgIpc) is 2.44. The minimum absolute atomic E-state index is 0.179. The van der Waals surface area contributed by atoms with E-state index < -0.39 is 0 Å². The number of likely N-dealkylation sites (N-methyl/N-ethyl adjacent to an activating group) is 1. The summed E-state index contributed by atoms with van der Waals surface area (Å²) in [5.41, 5.74) is 2.47. The molecule has 0 aliphatic rings. The average molecular weight is 336 g/mol. The first-order valence-electron chi connectivity index (χ1n) is 6.89. The zero-order chi connectivity index (χ0) is 14.4. The summed E-state index contributed by atoms with van der Waals surface area (Å²) in [6.07, 6.45) is 1.88. The Bertz CT molecular complexity index is 474. The van der Waals surface area contributed by atoms with Crippen molar-refractivity contribution in [2.45, 2.75) is 25.8 Å². The summed E-state index contributed by atoms with van der Waals surface area (Å²) in [5, 5.41) is 3.50. The van der Waals surface area contributed by atoms with E-state index in [1.54, 1.807) is 0 Å². The third-order valence-corrected chi connectivity index (χ3v) is 3.81. The first-order chi connectivity index (χ1) is 9.67. The molecule has 0 aromatic heterocycles. The van der Waals surface area contributed by atoms with Gasteiger partial charge in [0.2, 0.25) is 0 Å². The van der Waals surface area contributed by atoms with Crippen LogP contribution in [0.2, 0.25) is 0 Å². The Morgan fingerprint density at radius 2 is 1.45 bits per heavy atom. The minimum atomic E-state index is -0.179. The van der Waals surface area contributed by atoms with Gasteiger partial charge in [-0.3, -0.25) is 0 Å². The third kappa shape index (κ3) is 4.73. The first kappa shape index (κ1) is 15.2. The van der Waals surface area contributed by atoms with Crippen molar-refractivity contribution in [3.8, 4) is 0 Å². The maximum atomic E-state index is 12.9. The van der Waals surface area contributed by atoms with Crippen molar-refractivity contribution in [1.29, 1.82) is 0 Å². The van der Waals surface area contributed by atoms with Gasteiger partial charge in [-0.15, -0.1) is 0 Å². The van der Waals surface area contributed by atoms with Crippen LogP contribution >= 0.6 is 15.9 Å². The number of rotatable bonds is 6. The second-order valence-electron chi connectivity index (χ2n) is 4.92. The van der Waals surface area contributed by atoms with Crippen LogP contribution in [-0.2, 0) is 12.8 Å². The van der Waals surface area contributed by atoms with Gasteiger partial charge in [-0.05, 0) is 54.8 Å². The Morgan fingerprint density at radius 3 is 1.95 bits per heavy atom. The fourth-order valence-electron chi connectivity index (χ4n) is 2.32. The van der Waals surface area contributed by atoms with E-state index in [0.29, 0.717) is 6.04 Å². The van der Waals surface area contributed by atoms with Gasteiger partial charge in [-0.2, -0.15) is 0 Å². The molecule has 1 unspecified atom stereocenters. The second kappa shape index (κ2) is 7.55. The smallest absolute Gasteiger partial charge is 0.123 e. The summed E-state index contributed by atoms with van der Waals surface area (Å²) in [6.45, 7) is 3.04. The maximum absolute atomic E-state index is 12.9.